The summed E-state index contributed by atoms with van der Waals surface area (Å²) >= 11 is 0. The van der Waals surface area contributed by atoms with Crippen LogP contribution >= 0.6 is 0 Å². The van der Waals surface area contributed by atoms with E-state index in [-0.39, 0.29) is 30.6 Å². The molecule has 2 aromatic carbocycles. The fraction of sp³-hybridized carbons (Fsp3) is 0.250. The second-order valence-electron chi connectivity index (χ2n) is 5.64. The minimum Gasteiger partial charge on any atom is -0.434 e. The molecule has 0 aliphatic rings. The van der Waals surface area contributed by atoms with Crippen LogP contribution in [-0.4, -0.2) is 38.3 Å². The van der Waals surface area contributed by atoms with Crippen molar-refractivity contribution < 1.29 is 28.6 Å². The third-order valence-electron chi connectivity index (χ3n) is 3.52. The Morgan fingerprint density at radius 2 is 1.64 bits per heavy atom. The lowest BCUT2D eigenvalue weighted by Gasteiger charge is -2.09. The van der Waals surface area contributed by atoms with Crippen LogP contribution in [-0.2, 0) is 14.3 Å². The summed E-state index contributed by atoms with van der Waals surface area (Å²) in [6.45, 7) is 2.22. The summed E-state index contributed by atoms with van der Waals surface area (Å²) in [5, 5.41) is 5.48. The first-order valence-corrected chi connectivity index (χ1v) is 8.66. The number of benzene rings is 2. The molecule has 2 rings (SSSR count). The van der Waals surface area contributed by atoms with E-state index in [2.05, 4.69) is 15.4 Å². The molecule has 0 saturated heterocycles. The fourth-order valence-corrected chi connectivity index (χ4v) is 2.21. The lowest BCUT2D eigenvalue weighted by molar-refractivity contribution is -0.117. The molecule has 0 atom stereocenters. The second-order valence-corrected chi connectivity index (χ2v) is 5.64. The van der Waals surface area contributed by atoms with E-state index in [1.165, 1.54) is 31.4 Å². The van der Waals surface area contributed by atoms with Crippen LogP contribution in [0.1, 0.15) is 23.7 Å². The minimum atomic E-state index is -0.802. The molecule has 28 heavy (non-hydrogen) atoms. The maximum absolute atomic E-state index is 12.4. The average Bonchev–Trinajstić information content (AvgIpc) is 2.67. The van der Waals surface area contributed by atoms with Crippen LogP contribution in [0, 0.1) is 0 Å². The monoisotopic (exact) mass is 386 g/mol. The average molecular weight is 386 g/mol. The highest BCUT2D eigenvalue weighted by Crippen LogP contribution is 2.18. The number of ether oxygens (including phenoxy) is 3. The first-order chi connectivity index (χ1) is 13.5. The zero-order chi connectivity index (χ0) is 20.4. The molecule has 0 aromatic heterocycles. The van der Waals surface area contributed by atoms with E-state index in [1.807, 2.05) is 0 Å². The summed E-state index contributed by atoms with van der Waals surface area (Å²) in [7, 11) is 1.53. The Morgan fingerprint density at radius 1 is 0.964 bits per heavy atom. The number of carbonyl (C=O) groups is 3. The van der Waals surface area contributed by atoms with Gasteiger partial charge >= 0.3 is 6.16 Å². The van der Waals surface area contributed by atoms with Crippen LogP contribution in [0.3, 0.4) is 0 Å². The molecule has 0 saturated carbocycles. The van der Waals surface area contributed by atoms with Gasteiger partial charge < -0.3 is 24.8 Å². The molecule has 0 aliphatic heterocycles. The quantitative estimate of drug-likeness (QED) is 0.532. The van der Waals surface area contributed by atoms with Crippen molar-refractivity contribution in [2.24, 2.45) is 0 Å². The number of nitrogens with one attached hydrogen (secondary N) is 2. The van der Waals surface area contributed by atoms with Gasteiger partial charge in [0, 0.05) is 24.0 Å². The van der Waals surface area contributed by atoms with Crippen LogP contribution in [0.4, 0.5) is 16.2 Å². The smallest absolute Gasteiger partial charge is 0.434 e. The van der Waals surface area contributed by atoms with Gasteiger partial charge in [-0.2, -0.15) is 0 Å². The Labute approximate surface area is 162 Å². The van der Waals surface area contributed by atoms with E-state index >= 15 is 0 Å². The van der Waals surface area contributed by atoms with E-state index in [9.17, 15) is 14.4 Å². The van der Waals surface area contributed by atoms with E-state index in [0.29, 0.717) is 23.5 Å². The van der Waals surface area contributed by atoms with Crippen molar-refractivity contribution in [1.82, 2.24) is 0 Å². The summed E-state index contributed by atoms with van der Waals surface area (Å²) in [6, 6.07) is 12.9. The van der Waals surface area contributed by atoms with E-state index in [4.69, 9.17) is 9.47 Å². The van der Waals surface area contributed by atoms with Gasteiger partial charge in [-0.05, 0) is 49.4 Å². The number of hydrogen-bond donors (Lipinski definition) is 2. The summed E-state index contributed by atoms with van der Waals surface area (Å²) in [6.07, 6.45) is -0.558. The maximum atomic E-state index is 12.4. The first kappa shape index (κ1) is 20.9. The zero-order valence-electron chi connectivity index (χ0n) is 15.7. The zero-order valence-corrected chi connectivity index (χ0v) is 15.7. The lowest BCUT2D eigenvalue weighted by atomic mass is 10.2. The molecule has 0 unspecified atom stereocenters. The van der Waals surface area contributed by atoms with Gasteiger partial charge in [0.05, 0.1) is 19.6 Å². The molecule has 2 N–H and O–H groups in total. The van der Waals surface area contributed by atoms with Gasteiger partial charge in [0.25, 0.3) is 5.91 Å². The van der Waals surface area contributed by atoms with E-state index in [0.717, 1.165) is 0 Å². The Hall–Kier alpha value is -3.39. The van der Waals surface area contributed by atoms with Crippen molar-refractivity contribution in [3.8, 4) is 5.75 Å². The molecule has 0 heterocycles. The molecule has 0 aliphatic carbocycles. The SMILES string of the molecule is CCOC(=O)Oc1ccc(C(=O)Nc2cccc(NC(=O)CCOC)c2)cc1. The molecule has 8 nitrogen and oxygen atoms in total. The van der Waals surface area contributed by atoms with Crippen LogP contribution < -0.4 is 15.4 Å². The lowest BCUT2D eigenvalue weighted by Crippen LogP contribution is -2.15. The third-order valence-corrected chi connectivity index (χ3v) is 3.52. The van der Waals surface area contributed by atoms with Gasteiger partial charge in [-0.25, -0.2) is 4.79 Å². The molecule has 0 bridgehead atoms. The van der Waals surface area contributed by atoms with Crippen molar-refractivity contribution >= 4 is 29.3 Å². The maximum Gasteiger partial charge on any atom is 0.513 e. The summed E-state index contributed by atoms with van der Waals surface area (Å²) in [5.41, 5.74) is 1.48. The normalized spacial score (nSPS) is 10.1. The Morgan fingerprint density at radius 3 is 2.29 bits per heavy atom. The fourth-order valence-electron chi connectivity index (χ4n) is 2.21. The van der Waals surface area contributed by atoms with Gasteiger partial charge in [0.15, 0.2) is 0 Å². The number of amides is 2. The Kier molecular flexibility index (Phi) is 7.98. The van der Waals surface area contributed by atoms with Gasteiger partial charge in [0.1, 0.15) is 5.75 Å². The van der Waals surface area contributed by atoms with Crippen molar-refractivity contribution in [2.75, 3.05) is 31.0 Å². The number of rotatable bonds is 8. The minimum absolute atomic E-state index is 0.178. The van der Waals surface area contributed by atoms with Crippen LogP contribution in [0.15, 0.2) is 48.5 Å². The number of methoxy groups -OCH3 is 1. The predicted molar refractivity (Wildman–Crippen MR) is 104 cm³/mol. The van der Waals surface area contributed by atoms with Crippen molar-refractivity contribution in [3.63, 3.8) is 0 Å². The highest BCUT2D eigenvalue weighted by atomic mass is 16.7. The second kappa shape index (κ2) is 10.7. The molecule has 8 heteroatoms. The number of hydrogen-bond acceptors (Lipinski definition) is 6. The van der Waals surface area contributed by atoms with Crippen LogP contribution in [0.2, 0.25) is 0 Å². The van der Waals surface area contributed by atoms with Gasteiger partial charge in [-0.1, -0.05) is 6.07 Å². The Bertz CT molecular complexity index is 820. The van der Waals surface area contributed by atoms with Crippen molar-refractivity contribution in [3.05, 3.63) is 54.1 Å². The summed E-state index contributed by atoms with van der Waals surface area (Å²) < 4.78 is 14.5. The van der Waals surface area contributed by atoms with Gasteiger partial charge in [-0.3, -0.25) is 9.59 Å². The molecular weight excluding hydrogens is 364 g/mol. The van der Waals surface area contributed by atoms with Crippen LogP contribution in [0.5, 0.6) is 5.75 Å². The summed E-state index contributed by atoms with van der Waals surface area (Å²) in [4.78, 5) is 35.4. The molecule has 0 fully saturated rings. The van der Waals surface area contributed by atoms with Crippen molar-refractivity contribution in [2.45, 2.75) is 13.3 Å². The van der Waals surface area contributed by atoms with E-state index < -0.39 is 6.16 Å². The van der Waals surface area contributed by atoms with E-state index in [1.54, 1.807) is 31.2 Å². The predicted octanol–water partition coefficient (Wildman–Crippen LogP) is 3.45. The topological polar surface area (TPSA) is 103 Å². The molecule has 0 spiro atoms. The molecule has 148 valence electrons. The largest absolute Gasteiger partial charge is 0.513 e. The number of anilines is 2. The highest BCUT2D eigenvalue weighted by Gasteiger charge is 2.10. The van der Waals surface area contributed by atoms with Crippen molar-refractivity contribution in [1.29, 1.82) is 0 Å². The number of carbonyl (C=O) groups excluding carboxylic acids is 3. The highest BCUT2D eigenvalue weighted by molar-refractivity contribution is 6.04. The molecule has 2 amide bonds. The first-order valence-electron chi connectivity index (χ1n) is 8.66. The molecular formula is C20H22N2O6. The van der Waals surface area contributed by atoms with Gasteiger partial charge in [0.2, 0.25) is 5.91 Å². The Balaban J connectivity index is 1.96. The van der Waals surface area contributed by atoms with Crippen LogP contribution in [0.25, 0.3) is 0 Å². The standard InChI is InChI=1S/C20H22N2O6/c1-3-27-20(25)28-17-9-7-14(8-10-17)19(24)22-16-6-4-5-15(13-16)21-18(23)11-12-26-2/h4-10,13H,3,11-12H2,1-2H3,(H,21,23)(H,22,24). The molecule has 0 radical (unpaired) electrons. The summed E-state index contributed by atoms with van der Waals surface area (Å²) in [5.74, 6) is -0.246. The third kappa shape index (κ3) is 6.73. The van der Waals surface area contributed by atoms with Gasteiger partial charge in [-0.15, -0.1) is 0 Å². The molecule has 2 aromatic rings.